The summed E-state index contributed by atoms with van der Waals surface area (Å²) < 4.78 is 52.8. The molecule has 2 unspecified atom stereocenters. The molecule has 2 aromatic rings. The third kappa shape index (κ3) is 6.20. The number of aliphatic hydroxyl groups is 3. The van der Waals surface area contributed by atoms with Crippen LogP contribution in [-0.2, 0) is 61.9 Å². The second-order valence-corrected chi connectivity index (χ2v) is 15.4. The summed E-state index contributed by atoms with van der Waals surface area (Å²) in [4.78, 5) is 98.9. The largest absolute Gasteiger partial charge is 0.472 e. The van der Waals surface area contributed by atoms with Crippen LogP contribution in [0.3, 0.4) is 0 Å². The van der Waals surface area contributed by atoms with Crippen molar-refractivity contribution in [2.75, 3.05) is 6.61 Å². The molecule has 0 aromatic carbocycles. The SMILES string of the molecule is CC(=O)O[C@@H]1[C@@H]2[C@@H](O)[C@@]34O[C@@]2(C)COC(=O)c2cnccc2C(C)C(C)(O)C(=O)O[C@@H]([C@H](OC(=O)c2ccoc2)[C@H](OC(C)=O)[C@@]3(OC(C)=O)[C@@H]1OC(C)=O)[C@]4(C)O. The quantitative estimate of drug-likeness (QED) is 0.260. The van der Waals surface area contributed by atoms with Gasteiger partial charge >= 0.3 is 41.8 Å². The van der Waals surface area contributed by atoms with Crippen LogP contribution in [0.2, 0.25) is 0 Å². The smallest absolute Gasteiger partial charge is 0.341 e. The van der Waals surface area contributed by atoms with Gasteiger partial charge in [-0.2, -0.15) is 0 Å². The number of aromatic nitrogens is 1. The van der Waals surface area contributed by atoms with E-state index in [-0.39, 0.29) is 16.7 Å². The first kappa shape index (κ1) is 42.2. The number of carbonyl (C=O) groups is 7. The highest BCUT2D eigenvalue weighted by atomic mass is 16.7. The Morgan fingerprint density at radius 1 is 0.862 bits per heavy atom. The van der Waals surface area contributed by atoms with E-state index in [0.29, 0.717) is 0 Å². The molecule has 0 amide bonds. The highest BCUT2D eigenvalue weighted by Gasteiger charge is 2.92. The van der Waals surface area contributed by atoms with Gasteiger partial charge in [0.1, 0.15) is 24.1 Å². The van der Waals surface area contributed by atoms with Gasteiger partial charge in [-0.1, -0.05) is 6.92 Å². The van der Waals surface area contributed by atoms with Gasteiger partial charge in [0.05, 0.1) is 29.4 Å². The van der Waals surface area contributed by atoms with Crippen molar-refractivity contribution in [3.63, 3.8) is 0 Å². The molecule has 58 heavy (non-hydrogen) atoms. The lowest BCUT2D eigenvalue weighted by atomic mass is 9.50. The van der Waals surface area contributed by atoms with E-state index in [2.05, 4.69) is 4.98 Å². The summed E-state index contributed by atoms with van der Waals surface area (Å²) >= 11 is 0. The fourth-order valence-electron chi connectivity index (χ4n) is 9.05. The van der Waals surface area contributed by atoms with Gasteiger partial charge in [0.15, 0.2) is 41.7 Å². The third-order valence-electron chi connectivity index (χ3n) is 11.6. The molecule has 2 aliphatic heterocycles. The molecule has 20 nitrogen and oxygen atoms in total. The highest BCUT2D eigenvalue weighted by molar-refractivity contribution is 5.92. The number of nitrogens with zero attached hydrogens (tertiary/aromatic N) is 1. The molecule has 3 N–H and O–H groups in total. The number of carbonyl (C=O) groups excluding carboxylic acids is 7. The second-order valence-electron chi connectivity index (χ2n) is 15.4. The fraction of sp³-hybridized carbons (Fsp3) is 0.579. The molecule has 0 radical (unpaired) electrons. The average Bonchev–Trinajstić information content (AvgIpc) is 3.74. The van der Waals surface area contributed by atoms with Crippen molar-refractivity contribution in [3.8, 4) is 0 Å². The molecule has 1 spiro atoms. The van der Waals surface area contributed by atoms with E-state index >= 15 is 0 Å². The van der Waals surface area contributed by atoms with Gasteiger partial charge in [0.25, 0.3) is 0 Å². The second kappa shape index (κ2) is 14.4. The number of pyridine rings is 1. The lowest BCUT2D eigenvalue weighted by Crippen LogP contribution is -2.92. The summed E-state index contributed by atoms with van der Waals surface area (Å²) in [6.07, 6.45) is -9.09. The highest BCUT2D eigenvalue weighted by Crippen LogP contribution is 2.67. The molecule has 13 atom stereocenters. The van der Waals surface area contributed by atoms with Crippen LogP contribution in [0.1, 0.15) is 87.6 Å². The summed E-state index contributed by atoms with van der Waals surface area (Å²) in [6.45, 7) is 7.40. The first-order valence-electron chi connectivity index (χ1n) is 18.1. The number of cyclic esters (lactones) is 1. The molecular formula is C38H43NO19. The number of hydrogen-bond donors (Lipinski definition) is 3. The fourth-order valence-corrected chi connectivity index (χ4v) is 9.05. The predicted octanol–water partition coefficient (Wildman–Crippen LogP) is 0.217. The van der Waals surface area contributed by atoms with Crippen LogP contribution in [-0.4, -0.2) is 133 Å². The summed E-state index contributed by atoms with van der Waals surface area (Å²) in [6, 6.07) is 2.51. The number of esters is 7. The molecule has 2 saturated carbocycles. The van der Waals surface area contributed by atoms with Gasteiger partial charge in [0.2, 0.25) is 5.60 Å². The number of aliphatic hydroxyl groups excluding tert-OH is 1. The van der Waals surface area contributed by atoms with Crippen LogP contribution in [0.25, 0.3) is 0 Å². The van der Waals surface area contributed by atoms with Crippen LogP contribution in [0, 0.1) is 5.92 Å². The van der Waals surface area contributed by atoms with Crippen LogP contribution in [0.15, 0.2) is 41.5 Å². The molecule has 3 fully saturated rings. The molecule has 6 rings (SSSR count). The summed E-state index contributed by atoms with van der Waals surface area (Å²) in [7, 11) is 0. The zero-order valence-corrected chi connectivity index (χ0v) is 32.6. The molecule has 2 aromatic heterocycles. The van der Waals surface area contributed by atoms with Gasteiger partial charge in [-0.3, -0.25) is 24.2 Å². The van der Waals surface area contributed by atoms with Crippen molar-refractivity contribution in [2.45, 2.75) is 126 Å². The Labute approximate surface area is 329 Å². The van der Waals surface area contributed by atoms with Crippen molar-refractivity contribution in [1.29, 1.82) is 0 Å². The Morgan fingerprint density at radius 3 is 2.05 bits per heavy atom. The number of hydrogen-bond acceptors (Lipinski definition) is 20. The zero-order valence-electron chi connectivity index (χ0n) is 32.6. The van der Waals surface area contributed by atoms with Crippen molar-refractivity contribution >= 4 is 41.8 Å². The monoisotopic (exact) mass is 817 g/mol. The molecule has 4 bridgehead atoms. The molecule has 4 heterocycles. The predicted molar refractivity (Wildman–Crippen MR) is 185 cm³/mol. The van der Waals surface area contributed by atoms with E-state index in [0.717, 1.165) is 60.3 Å². The first-order chi connectivity index (χ1) is 27.0. The molecule has 4 aliphatic rings. The topological polar surface area (TPSA) is 280 Å². The van der Waals surface area contributed by atoms with Gasteiger partial charge < -0.3 is 57.6 Å². The van der Waals surface area contributed by atoms with Gasteiger partial charge in [0, 0.05) is 46.0 Å². The Morgan fingerprint density at radius 2 is 1.48 bits per heavy atom. The molecule has 314 valence electrons. The van der Waals surface area contributed by atoms with Crippen molar-refractivity contribution in [3.05, 3.63) is 53.7 Å². The summed E-state index contributed by atoms with van der Waals surface area (Å²) in [5.41, 5.74) is -14.4. The van der Waals surface area contributed by atoms with Gasteiger partial charge in [-0.05, 0) is 38.5 Å². The standard InChI is InChI=1S/C38H43NO19/c1-16-22-9-11-39-13-23(22)32(46)51-15-34(6)24-25(52-17(2)40)29(53-18(3)41)37(57-20(5)43)30(54-19(4)42)26(55-31(45)21-10-12-50-14-21)28(56-33(47)35(16,7)48)36(8,49)38(37,58-34)27(24)44/h9-14,16,24-30,44,48-49H,15H2,1-8H3/t16?,24-,25-,26+,27-,28+,29-,30+,34+,35?,36+,37+,38+/m1/s1. The lowest BCUT2D eigenvalue weighted by Gasteiger charge is -2.66. The van der Waals surface area contributed by atoms with Crippen LogP contribution in [0.4, 0.5) is 0 Å². The van der Waals surface area contributed by atoms with E-state index in [4.69, 9.17) is 42.3 Å². The van der Waals surface area contributed by atoms with E-state index in [1.807, 2.05) is 0 Å². The normalized spacial score (nSPS) is 39.2. The average molecular weight is 818 g/mol. The maximum Gasteiger partial charge on any atom is 0.341 e. The molecular weight excluding hydrogens is 774 g/mol. The Bertz CT molecular complexity index is 2030. The molecule has 20 heteroatoms. The summed E-state index contributed by atoms with van der Waals surface area (Å²) in [5, 5.41) is 37.9. The number of fused-ring (bicyclic) bond motifs is 5. The van der Waals surface area contributed by atoms with E-state index in [1.54, 1.807) is 0 Å². The van der Waals surface area contributed by atoms with Crippen molar-refractivity contribution < 1.29 is 91.2 Å². The van der Waals surface area contributed by atoms with Crippen LogP contribution >= 0.6 is 0 Å². The molecule has 1 saturated heterocycles. The van der Waals surface area contributed by atoms with Gasteiger partial charge in [-0.15, -0.1) is 0 Å². The Hall–Kier alpha value is -5.44. The van der Waals surface area contributed by atoms with Crippen molar-refractivity contribution in [1.82, 2.24) is 4.98 Å². The minimum absolute atomic E-state index is 0.0458. The maximum atomic E-state index is 14.4. The first-order valence-corrected chi connectivity index (χ1v) is 18.1. The number of rotatable bonds is 6. The lowest BCUT2D eigenvalue weighted by molar-refractivity contribution is -0.397. The molecule has 2 aliphatic carbocycles. The van der Waals surface area contributed by atoms with Crippen molar-refractivity contribution in [2.24, 2.45) is 5.92 Å². The maximum absolute atomic E-state index is 14.4. The van der Waals surface area contributed by atoms with Crippen LogP contribution in [0.5, 0.6) is 0 Å². The number of ether oxygens (including phenoxy) is 8. The van der Waals surface area contributed by atoms with E-state index < -0.39 is 125 Å². The van der Waals surface area contributed by atoms with E-state index in [1.165, 1.54) is 32.2 Å². The minimum atomic E-state index is -3.12. The van der Waals surface area contributed by atoms with Gasteiger partial charge in [-0.25, -0.2) is 14.4 Å². The number of furan rings is 1. The Kier molecular flexibility index (Phi) is 10.5. The van der Waals surface area contributed by atoms with E-state index in [9.17, 15) is 48.9 Å². The zero-order chi connectivity index (χ0) is 42.9. The third-order valence-corrected chi connectivity index (χ3v) is 11.6. The minimum Gasteiger partial charge on any atom is -0.472 e. The summed E-state index contributed by atoms with van der Waals surface area (Å²) in [5.74, 6) is -11.5. The van der Waals surface area contributed by atoms with Crippen LogP contribution < -0.4 is 0 Å². The Balaban J connectivity index is 1.76.